The van der Waals surface area contributed by atoms with Crippen LogP contribution in [0.15, 0.2) is 0 Å². The summed E-state index contributed by atoms with van der Waals surface area (Å²) in [5, 5.41) is 12.4. The predicted molar refractivity (Wildman–Crippen MR) is 55.8 cm³/mol. The van der Waals surface area contributed by atoms with E-state index in [0.717, 1.165) is 45.3 Å². The molecule has 2 unspecified atom stereocenters. The van der Waals surface area contributed by atoms with Gasteiger partial charge in [0.1, 0.15) is 0 Å². The van der Waals surface area contributed by atoms with Gasteiger partial charge in [0.25, 0.3) is 0 Å². The predicted octanol–water partition coefficient (Wildman–Crippen LogP) is 1.01. The topological polar surface area (TPSA) is 58.6 Å². The van der Waals surface area contributed by atoms with E-state index in [2.05, 4.69) is 5.32 Å². The van der Waals surface area contributed by atoms with Crippen LogP contribution in [0.25, 0.3) is 0 Å². The fourth-order valence-electron chi connectivity index (χ4n) is 2.56. The van der Waals surface area contributed by atoms with Gasteiger partial charge in [-0.3, -0.25) is 4.79 Å². The van der Waals surface area contributed by atoms with Crippen LogP contribution in [0.3, 0.4) is 0 Å². The third-order valence-corrected chi connectivity index (χ3v) is 3.67. The van der Waals surface area contributed by atoms with Crippen LogP contribution >= 0.6 is 0 Å². The second-order valence-corrected chi connectivity index (χ2v) is 4.69. The van der Waals surface area contributed by atoms with Crippen molar-refractivity contribution in [2.45, 2.75) is 38.2 Å². The summed E-state index contributed by atoms with van der Waals surface area (Å²) in [4.78, 5) is 11.2. The maximum absolute atomic E-state index is 11.2. The van der Waals surface area contributed by atoms with Gasteiger partial charge in [0, 0.05) is 13.2 Å². The molecule has 4 heteroatoms. The molecule has 2 heterocycles. The molecule has 0 bridgehead atoms. The highest BCUT2D eigenvalue weighted by molar-refractivity contribution is 5.75. The van der Waals surface area contributed by atoms with Gasteiger partial charge >= 0.3 is 5.97 Å². The molecule has 2 aliphatic heterocycles. The average molecular weight is 213 g/mol. The molecule has 0 aromatic carbocycles. The van der Waals surface area contributed by atoms with Crippen molar-refractivity contribution in [2.75, 3.05) is 19.7 Å². The molecule has 0 aliphatic carbocycles. The number of aliphatic carboxylic acids is 1. The molecule has 4 nitrogen and oxygen atoms in total. The van der Waals surface area contributed by atoms with Crippen molar-refractivity contribution >= 4 is 5.97 Å². The fourth-order valence-corrected chi connectivity index (χ4v) is 2.56. The number of nitrogens with one attached hydrogen (secondary N) is 1. The largest absolute Gasteiger partial charge is 0.481 e. The molecule has 0 aromatic rings. The molecule has 2 aliphatic rings. The highest BCUT2D eigenvalue weighted by Crippen LogP contribution is 2.33. The second-order valence-electron chi connectivity index (χ2n) is 4.69. The van der Waals surface area contributed by atoms with Crippen LogP contribution in [0.4, 0.5) is 0 Å². The molecule has 2 atom stereocenters. The van der Waals surface area contributed by atoms with Crippen molar-refractivity contribution < 1.29 is 14.6 Å². The number of carboxylic acid groups (broad SMARTS) is 1. The molecule has 2 N–H and O–H groups in total. The van der Waals surface area contributed by atoms with Gasteiger partial charge in [-0.1, -0.05) is 0 Å². The van der Waals surface area contributed by atoms with E-state index in [1.807, 2.05) is 0 Å². The van der Waals surface area contributed by atoms with Crippen molar-refractivity contribution in [2.24, 2.45) is 5.41 Å². The minimum absolute atomic E-state index is 0.307. The molecular formula is C11H19NO3. The molecule has 2 fully saturated rings. The maximum Gasteiger partial charge on any atom is 0.310 e. The third-order valence-electron chi connectivity index (χ3n) is 3.67. The molecular weight excluding hydrogens is 194 g/mol. The summed E-state index contributed by atoms with van der Waals surface area (Å²) < 4.78 is 5.52. The quantitative estimate of drug-likeness (QED) is 0.731. The molecule has 2 rings (SSSR count). The fraction of sp³-hybridized carbons (Fsp3) is 0.909. The Bertz CT molecular complexity index is 230. The van der Waals surface area contributed by atoms with Crippen LogP contribution in [-0.2, 0) is 9.53 Å². The van der Waals surface area contributed by atoms with Gasteiger partial charge in [0.2, 0.25) is 0 Å². The molecule has 0 radical (unpaired) electrons. The minimum atomic E-state index is -0.648. The summed E-state index contributed by atoms with van der Waals surface area (Å²) in [6, 6.07) is 0. The van der Waals surface area contributed by atoms with Gasteiger partial charge < -0.3 is 15.2 Å². The van der Waals surface area contributed by atoms with Crippen molar-refractivity contribution in [1.29, 1.82) is 0 Å². The Morgan fingerprint density at radius 1 is 1.60 bits per heavy atom. The Hall–Kier alpha value is -0.610. The van der Waals surface area contributed by atoms with Gasteiger partial charge in [0.05, 0.1) is 11.5 Å². The van der Waals surface area contributed by atoms with E-state index in [1.54, 1.807) is 0 Å². The highest BCUT2D eigenvalue weighted by Gasteiger charge is 2.41. The van der Waals surface area contributed by atoms with Crippen LogP contribution < -0.4 is 5.32 Å². The standard InChI is InChI=1S/C11H19NO3/c13-10(14)11(5-6-12-8-11)4-3-9-2-1-7-15-9/h9,12H,1-8H2,(H,13,14). The molecule has 0 saturated carbocycles. The first-order valence-corrected chi connectivity index (χ1v) is 5.79. The lowest BCUT2D eigenvalue weighted by Gasteiger charge is -2.24. The van der Waals surface area contributed by atoms with Gasteiger partial charge in [-0.05, 0) is 38.6 Å². The number of hydrogen-bond donors (Lipinski definition) is 2. The van der Waals surface area contributed by atoms with E-state index < -0.39 is 11.4 Å². The summed E-state index contributed by atoms with van der Waals surface area (Å²) in [6.07, 6.45) is 4.94. The van der Waals surface area contributed by atoms with Crippen LogP contribution in [0.2, 0.25) is 0 Å². The van der Waals surface area contributed by atoms with Gasteiger partial charge in [0.15, 0.2) is 0 Å². The Morgan fingerprint density at radius 3 is 3.00 bits per heavy atom. The lowest BCUT2D eigenvalue weighted by molar-refractivity contribution is -0.148. The van der Waals surface area contributed by atoms with Crippen LogP contribution in [0.5, 0.6) is 0 Å². The van der Waals surface area contributed by atoms with E-state index in [1.165, 1.54) is 0 Å². The second kappa shape index (κ2) is 4.49. The molecule has 0 amide bonds. The van der Waals surface area contributed by atoms with E-state index in [0.29, 0.717) is 12.6 Å². The zero-order valence-corrected chi connectivity index (χ0v) is 9.00. The summed E-state index contributed by atoms with van der Waals surface area (Å²) in [6.45, 7) is 2.30. The zero-order chi connectivity index (χ0) is 10.7. The van der Waals surface area contributed by atoms with Crippen molar-refractivity contribution in [3.63, 3.8) is 0 Å². The maximum atomic E-state index is 11.2. The number of ether oxygens (including phenoxy) is 1. The van der Waals surface area contributed by atoms with Crippen LogP contribution in [0, 0.1) is 5.41 Å². The third kappa shape index (κ3) is 2.32. The zero-order valence-electron chi connectivity index (χ0n) is 9.00. The smallest absolute Gasteiger partial charge is 0.310 e. The first-order valence-electron chi connectivity index (χ1n) is 5.79. The number of carboxylic acids is 1. The van der Waals surface area contributed by atoms with Crippen molar-refractivity contribution in [3.8, 4) is 0 Å². The summed E-state index contributed by atoms with van der Waals surface area (Å²) in [5.41, 5.74) is -0.522. The SMILES string of the molecule is O=C(O)C1(CCC2CCCO2)CCNC1. The summed E-state index contributed by atoms with van der Waals surface area (Å²) in [5.74, 6) is -0.648. The molecule has 0 spiro atoms. The lowest BCUT2D eigenvalue weighted by Crippen LogP contribution is -2.34. The van der Waals surface area contributed by atoms with Crippen molar-refractivity contribution in [1.82, 2.24) is 5.32 Å². The summed E-state index contributed by atoms with van der Waals surface area (Å²) in [7, 11) is 0. The highest BCUT2D eigenvalue weighted by atomic mass is 16.5. The van der Waals surface area contributed by atoms with E-state index >= 15 is 0 Å². The molecule has 2 saturated heterocycles. The Morgan fingerprint density at radius 2 is 2.47 bits per heavy atom. The van der Waals surface area contributed by atoms with E-state index in [-0.39, 0.29) is 0 Å². The average Bonchev–Trinajstić information content (AvgIpc) is 2.87. The molecule has 0 aromatic heterocycles. The van der Waals surface area contributed by atoms with E-state index in [9.17, 15) is 9.90 Å². The Labute approximate surface area is 90.0 Å². The first kappa shape index (κ1) is 10.9. The molecule has 86 valence electrons. The summed E-state index contributed by atoms with van der Waals surface area (Å²) >= 11 is 0. The van der Waals surface area contributed by atoms with Gasteiger partial charge in [-0.25, -0.2) is 0 Å². The van der Waals surface area contributed by atoms with Gasteiger partial charge in [-0.2, -0.15) is 0 Å². The normalized spacial score (nSPS) is 35.9. The molecule has 15 heavy (non-hydrogen) atoms. The Kier molecular flexibility index (Phi) is 3.26. The van der Waals surface area contributed by atoms with Gasteiger partial charge in [-0.15, -0.1) is 0 Å². The van der Waals surface area contributed by atoms with E-state index in [4.69, 9.17) is 4.74 Å². The number of hydrogen-bond acceptors (Lipinski definition) is 3. The minimum Gasteiger partial charge on any atom is -0.481 e. The van der Waals surface area contributed by atoms with Crippen LogP contribution in [0.1, 0.15) is 32.1 Å². The number of carbonyl (C=O) groups is 1. The number of rotatable bonds is 4. The monoisotopic (exact) mass is 213 g/mol. The van der Waals surface area contributed by atoms with Crippen LogP contribution in [-0.4, -0.2) is 36.9 Å². The Balaban J connectivity index is 1.86. The lowest BCUT2D eigenvalue weighted by atomic mass is 9.81. The van der Waals surface area contributed by atoms with Crippen molar-refractivity contribution in [3.05, 3.63) is 0 Å². The first-order chi connectivity index (χ1) is 7.23.